The van der Waals surface area contributed by atoms with Crippen LogP contribution in [-0.2, 0) is 4.79 Å². The van der Waals surface area contributed by atoms with Crippen LogP contribution >= 0.6 is 22.6 Å². The lowest BCUT2D eigenvalue weighted by Gasteiger charge is -2.12. The molecule has 5 heteroatoms. The van der Waals surface area contributed by atoms with Crippen LogP contribution in [0.2, 0.25) is 0 Å². The van der Waals surface area contributed by atoms with Gasteiger partial charge in [0.25, 0.3) is 0 Å². The van der Waals surface area contributed by atoms with E-state index >= 15 is 0 Å². The van der Waals surface area contributed by atoms with Crippen LogP contribution in [0.5, 0.6) is 0 Å². The van der Waals surface area contributed by atoms with Crippen LogP contribution in [0.25, 0.3) is 6.08 Å². The molecule has 1 rings (SSSR count). The highest BCUT2D eigenvalue weighted by atomic mass is 127. The number of rotatable bonds is 4. The molecule has 4 nitrogen and oxygen atoms in total. The monoisotopic (exact) mass is 321 g/mol. The average Bonchev–Trinajstić information content (AvgIpc) is 2.61. The number of aliphatic hydroxyl groups excluding tert-OH is 1. The second kappa shape index (κ2) is 5.92. The van der Waals surface area contributed by atoms with Gasteiger partial charge in [0, 0.05) is 19.7 Å². The zero-order valence-electron chi connectivity index (χ0n) is 8.31. The molecule has 0 spiro atoms. The molecule has 0 atom stereocenters. The maximum absolute atomic E-state index is 11.4. The molecule has 1 aromatic heterocycles. The van der Waals surface area contributed by atoms with Crippen molar-refractivity contribution in [1.82, 2.24) is 4.90 Å². The first-order chi connectivity index (χ1) is 7.13. The summed E-state index contributed by atoms with van der Waals surface area (Å²) in [6, 6.07) is 3.61. The lowest BCUT2D eigenvalue weighted by atomic mass is 10.3. The summed E-state index contributed by atoms with van der Waals surface area (Å²) in [6.45, 7) is 0.299. The summed E-state index contributed by atoms with van der Waals surface area (Å²) in [4.78, 5) is 12.8. The Labute approximate surface area is 102 Å². The molecule has 0 saturated heterocycles. The van der Waals surface area contributed by atoms with Crippen molar-refractivity contribution in [2.24, 2.45) is 0 Å². The summed E-state index contributed by atoms with van der Waals surface area (Å²) in [7, 11) is 1.63. The predicted molar refractivity (Wildman–Crippen MR) is 65.2 cm³/mol. The third-order valence-electron chi connectivity index (χ3n) is 1.80. The highest BCUT2D eigenvalue weighted by Gasteiger charge is 2.03. The second-order valence-corrected chi connectivity index (χ2v) is 4.02. The first-order valence-electron chi connectivity index (χ1n) is 4.43. The van der Waals surface area contributed by atoms with Gasteiger partial charge in [-0.25, -0.2) is 0 Å². The van der Waals surface area contributed by atoms with Crippen molar-refractivity contribution >= 4 is 34.6 Å². The number of halogens is 1. The highest BCUT2D eigenvalue weighted by molar-refractivity contribution is 14.1. The van der Waals surface area contributed by atoms with Crippen molar-refractivity contribution in [2.45, 2.75) is 0 Å². The van der Waals surface area contributed by atoms with Crippen LogP contribution in [0.15, 0.2) is 22.6 Å². The number of hydrogen-bond acceptors (Lipinski definition) is 3. The van der Waals surface area contributed by atoms with Crippen molar-refractivity contribution in [3.63, 3.8) is 0 Å². The van der Waals surface area contributed by atoms with Crippen molar-refractivity contribution in [3.8, 4) is 0 Å². The average molecular weight is 321 g/mol. The molecule has 1 heterocycles. The van der Waals surface area contributed by atoms with Crippen molar-refractivity contribution < 1.29 is 14.3 Å². The number of amides is 1. The van der Waals surface area contributed by atoms with Gasteiger partial charge in [0.1, 0.15) is 5.76 Å². The van der Waals surface area contributed by atoms with Gasteiger partial charge in [-0.15, -0.1) is 0 Å². The molecular weight excluding hydrogens is 309 g/mol. The van der Waals surface area contributed by atoms with Crippen molar-refractivity contribution in [3.05, 3.63) is 27.7 Å². The van der Waals surface area contributed by atoms with Crippen LogP contribution in [0.1, 0.15) is 5.76 Å². The van der Waals surface area contributed by atoms with Gasteiger partial charge in [-0.2, -0.15) is 0 Å². The van der Waals surface area contributed by atoms with Gasteiger partial charge in [0.05, 0.1) is 6.61 Å². The molecule has 0 aliphatic heterocycles. The largest absolute Gasteiger partial charge is 0.451 e. The fraction of sp³-hybridized carbons (Fsp3) is 0.300. The van der Waals surface area contributed by atoms with E-state index in [-0.39, 0.29) is 12.5 Å². The molecule has 15 heavy (non-hydrogen) atoms. The number of furan rings is 1. The molecule has 1 aromatic rings. The predicted octanol–water partition coefficient (Wildman–Crippen LogP) is 1.35. The van der Waals surface area contributed by atoms with E-state index in [9.17, 15) is 4.79 Å². The van der Waals surface area contributed by atoms with E-state index in [1.807, 2.05) is 6.07 Å². The SMILES string of the molecule is CN(CCO)C(=O)/C=C/c1ccc(I)o1. The number of carbonyl (C=O) groups is 1. The van der Waals surface area contributed by atoms with Crippen LogP contribution < -0.4 is 0 Å². The summed E-state index contributed by atoms with van der Waals surface area (Å²) in [5.74, 6) is 0.487. The fourth-order valence-electron chi connectivity index (χ4n) is 0.959. The summed E-state index contributed by atoms with van der Waals surface area (Å²) in [5.41, 5.74) is 0. The summed E-state index contributed by atoms with van der Waals surface area (Å²) in [5, 5.41) is 8.64. The molecule has 0 saturated carbocycles. The Bertz CT molecular complexity index is 359. The Morgan fingerprint density at radius 3 is 2.93 bits per heavy atom. The molecule has 0 aliphatic carbocycles. The number of likely N-dealkylation sites (N-methyl/N-ethyl adjacent to an activating group) is 1. The van der Waals surface area contributed by atoms with E-state index in [0.29, 0.717) is 12.3 Å². The van der Waals surface area contributed by atoms with Gasteiger partial charge in [-0.1, -0.05) is 0 Å². The number of hydrogen-bond donors (Lipinski definition) is 1. The number of carbonyl (C=O) groups excluding carboxylic acids is 1. The zero-order chi connectivity index (χ0) is 11.3. The van der Waals surface area contributed by atoms with Gasteiger partial charge in [0.15, 0.2) is 3.77 Å². The third kappa shape index (κ3) is 4.05. The Hall–Kier alpha value is -0.820. The quantitative estimate of drug-likeness (QED) is 0.673. The maximum Gasteiger partial charge on any atom is 0.246 e. The molecule has 0 fully saturated rings. The van der Waals surface area contributed by atoms with Gasteiger partial charge in [-0.3, -0.25) is 4.79 Å². The Morgan fingerprint density at radius 1 is 1.67 bits per heavy atom. The van der Waals surface area contributed by atoms with E-state index in [4.69, 9.17) is 9.52 Å². The topological polar surface area (TPSA) is 53.7 Å². The first-order valence-corrected chi connectivity index (χ1v) is 5.50. The van der Waals surface area contributed by atoms with E-state index < -0.39 is 0 Å². The van der Waals surface area contributed by atoms with Crippen LogP contribution in [0.3, 0.4) is 0 Å². The molecular formula is C10H12INO3. The van der Waals surface area contributed by atoms with Crippen molar-refractivity contribution in [1.29, 1.82) is 0 Å². The first kappa shape index (κ1) is 12.3. The van der Waals surface area contributed by atoms with Gasteiger partial charge in [-0.05, 0) is 40.8 Å². The second-order valence-electron chi connectivity index (χ2n) is 2.96. The fourth-order valence-corrected chi connectivity index (χ4v) is 1.39. The van der Waals surface area contributed by atoms with Gasteiger partial charge < -0.3 is 14.4 Å². The third-order valence-corrected chi connectivity index (χ3v) is 2.38. The van der Waals surface area contributed by atoms with E-state index in [1.54, 1.807) is 19.2 Å². The van der Waals surface area contributed by atoms with E-state index in [1.165, 1.54) is 11.0 Å². The minimum Gasteiger partial charge on any atom is -0.451 e. The van der Waals surface area contributed by atoms with Crippen LogP contribution in [0.4, 0.5) is 0 Å². The molecule has 82 valence electrons. The molecule has 0 aliphatic rings. The number of aliphatic hydroxyl groups is 1. The van der Waals surface area contributed by atoms with E-state index in [2.05, 4.69) is 22.6 Å². The van der Waals surface area contributed by atoms with Crippen LogP contribution in [-0.4, -0.2) is 36.1 Å². The minimum atomic E-state index is -0.157. The Kier molecular flexibility index (Phi) is 4.83. The maximum atomic E-state index is 11.4. The summed E-state index contributed by atoms with van der Waals surface area (Å²) >= 11 is 2.06. The molecule has 0 radical (unpaired) electrons. The number of nitrogens with zero attached hydrogens (tertiary/aromatic N) is 1. The van der Waals surface area contributed by atoms with Gasteiger partial charge in [0.2, 0.25) is 5.91 Å². The smallest absolute Gasteiger partial charge is 0.246 e. The molecule has 1 amide bonds. The summed E-state index contributed by atoms with van der Waals surface area (Å²) in [6.07, 6.45) is 3.03. The standard InChI is InChI=1S/C10H12INO3/c1-12(6-7-13)10(14)5-3-8-2-4-9(11)15-8/h2-5,13H,6-7H2,1H3/b5-3+. The Balaban J connectivity index is 2.54. The highest BCUT2D eigenvalue weighted by Crippen LogP contribution is 2.11. The summed E-state index contributed by atoms with van der Waals surface area (Å²) < 4.78 is 6.03. The van der Waals surface area contributed by atoms with Crippen LogP contribution in [0, 0.1) is 3.77 Å². The molecule has 1 N–H and O–H groups in total. The molecule has 0 unspecified atom stereocenters. The van der Waals surface area contributed by atoms with Crippen molar-refractivity contribution in [2.75, 3.05) is 20.2 Å². The molecule has 0 bridgehead atoms. The molecule has 0 aromatic carbocycles. The lowest BCUT2D eigenvalue weighted by Crippen LogP contribution is -2.27. The zero-order valence-corrected chi connectivity index (χ0v) is 10.5. The lowest BCUT2D eigenvalue weighted by molar-refractivity contribution is -0.125. The van der Waals surface area contributed by atoms with Gasteiger partial charge >= 0.3 is 0 Å². The Morgan fingerprint density at radius 2 is 2.40 bits per heavy atom. The van der Waals surface area contributed by atoms with E-state index in [0.717, 1.165) is 3.77 Å². The normalized spacial score (nSPS) is 10.9. The minimum absolute atomic E-state index is 0.0330.